The van der Waals surface area contributed by atoms with E-state index in [0.29, 0.717) is 29.6 Å². The summed E-state index contributed by atoms with van der Waals surface area (Å²) < 4.78 is 5.30. The highest BCUT2D eigenvalue weighted by molar-refractivity contribution is 5.79. The predicted molar refractivity (Wildman–Crippen MR) is 93.5 cm³/mol. The van der Waals surface area contributed by atoms with Crippen LogP contribution in [0.5, 0.6) is 0 Å². The average molecular weight is 330 g/mol. The fraction of sp³-hybridized carbons (Fsp3) is 0.588. The Morgan fingerprint density at radius 1 is 1.42 bits per heavy atom. The van der Waals surface area contributed by atoms with Crippen molar-refractivity contribution in [2.24, 2.45) is 10.4 Å². The highest BCUT2D eigenvalue weighted by atomic mass is 16.3. The molecular weight excluding hydrogens is 304 g/mol. The second-order valence-corrected chi connectivity index (χ2v) is 7.09. The van der Waals surface area contributed by atoms with Gasteiger partial charge in [-0.25, -0.2) is 4.98 Å². The van der Waals surface area contributed by atoms with E-state index in [1.54, 1.807) is 13.3 Å². The Balaban J connectivity index is 1.50. The topological polar surface area (TPSA) is 91.1 Å². The van der Waals surface area contributed by atoms with Crippen LogP contribution in [-0.2, 0) is 6.54 Å². The lowest BCUT2D eigenvalue weighted by molar-refractivity contribution is 0.216. The molecule has 0 spiro atoms. The SMILES string of the molecule is CN=C(NCc1nc(-c2ccco2)n[nH]1)NC1CCC(C)(C)CC1. The fourth-order valence-corrected chi connectivity index (χ4v) is 2.99. The van der Waals surface area contributed by atoms with Gasteiger partial charge in [0.1, 0.15) is 5.82 Å². The van der Waals surface area contributed by atoms with Gasteiger partial charge in [0.25, 0.3) is 0 Å². The van der Waals surface area contributed by atoms with Crippen LogP contribution in [0.25, 0.3) is 11.6 Å². The predicted octanol–water partition coefficient (Wildman–Crippen LogP) is 2.70. The van der Waals surface area contributed by atoms with Crippen molar-refractivity contribution >= 4 is 5.96 Å². The van der Waals surface area contributed by atoms with Crippen LogP contribution in [0, 0.1) is 5.41 Å². The second-order valence-electron chi connectivity index (χ2n) is 7.09. The lowest BCUT2D eigenvalue weighted by Gasteiger charge is -2.35. The Labute approximate surface area is 142 Å². The number of rotatable bonds is 4. The van der Waals surface area contributed by atoms with E-state index in [2.05, 4.69) is 44.7 Å². The fourth-order valence-electron chi connectivity index (χ4n) is 2.99. The summed E-state index contributed by atoms with van der Waals surface area (Å²) in [5, 5.41) is 13.9. The van der Waals surface area contributed by atoms with E-state index in [9.17, 15) is 0 Å². The summed E-state index contributed by atoms with van der Waals surface area (Å²) >= 11 is 0. The normalized spacial score (nSPS) is 18.5. The maximum atomic E-state index is 5.30. The molecule has 1 aliphatic carbocycles. The molecule has 130 valence electrons. The molecule has 2 aromatic rings. The van der Waals surface area contributed by atoms with Gasteiger partial charge in [-0.15, -0.1) is 5.10 Å². The van der Waals surface area contributed by atoms with Crippen molar-refractivity contribution in [3.05, 3.63) is 24.2 Å². The minimum Gasteiger partial charge on any atom is -0.461 e. The molecule has 2 aromatic heterocycles. The van der Waals surface area contributed by atoms with Crippen molar-refractivity contribution in [1.29, 1.82) is 0 Å². The molecule has 0 amide bonds. The molecule has 24 heavy (non-hydrogen) atoms. The Bertz CT molecular complexity index is 663. The van der Waals surface area contributed by atoms with Gasteiger partial charge in [0.15, 0.2) is 11.7 Å². The zero-order valence-corrected chi connectivity index (χ0v) is 14.6. The Hall–Kier alpha value is -2.31. The maximum Gasteiger partial charge on any atom is 0.216 e. The van der Waals surface area contributed by atoms with Crippen molar-refractivity contribution in [3.63, 3.8) is 0 Å². The van der Waals surface area contributed by atoms with E-state index < -0.39 is 0 Å². The molecule has 1 aliphatic rings. The summed E-state index contributed by atoms with van der Waals surface area (Å²) in [6.07, 6.45) is 6.46. The Morgan fingerprint density at radius 2 is 2.21 bits per heavy atom. The van der Waals surface area contributed by atoms with Crippen LogP contribution in [0.1, 0.15) is 45.4 Å². The molecule has 0 radical (unpaired) electrons. The quantitative estimate of drug-likeness (QED) is 0.592. The Morgan fingerprint density at radius 3 is 2.88 bits per heavy atom. The third-order valence-corrected chi connectivity index (χ3v) is 4.60. The molecule has 3 rings (SSSR count). The van der Waals surface area contributed by atoms with Gasteiger partial charge in [0.05, 0.1) is 12.8 Å². The van der Waals surface area contributed by atoms with Gasteiger partial charge < -0.3 is 15.1 Å². The van der Waals surface area contributed by atoms with Gasteiger partial charge in [0.2, 0.25) is 5.82 Å². The third-order valence-electron chi connectivity index (χ3n) is 4.60. The van der Waals surface area contributed by atoms with Gasteiger partial charge in [-0.2, -0.15) is 0 Å². The molecule has 1 fully saturated rings. The molecule has 0 aliphatic heterocycles. The van der Waals surface area contributed by atoms with E-state index in [1.807, 2.05) is 12.1 Å². The van der Waals surface area contributed by atoms with Gasteiger partial charge in [-0.05, 0) is 43.2 Å². The monoisotopic (exact) mass is 330 g/mol. The maximum absolute atomic E-state index is 5.30. The summed E-state index contributed by atoms with van der Waals surface area (Å²) in [4.78, 5) is 8.72. The number of aromatic amines is 1. The first-order valence-electron chi connectivity index (χ1n) is 8.48. The molecule has 7 heteroatoms. The molecule has 0 atom stereocenters. The van der Waals surface area contributed by atoms with E-state index in [4.69, 9.17) is 4.42 Å². The molecule has 2 heterocycles. The van der Waals surface area contributed by atoms with Crippen LogP contribution in [0.4, 0.5) is 0 Å². The summed E-state index contributed by atoms with van der Waals surface area (Å²) in [6, 6.07) is 4.14. The van der Waals surface area contributed by atoms with Crippen LogP contribution in [0.15, 0.2) is 27.8 Å². The molecular formula is C17H26N6O. The third kappa shape index (κ3) is 4.15. The highest BCUT2D eigenvalue weighted by Gasteiger charge is 2.27. The number of hydrogen-bond donors (Lipinski definition) is 3. The minimum atomic E-state index is 0.469. The van der Waals surface area contributed by atoms with Crippen LogP contribution in [0.2, 0.25) is 0 Å². The van der Waals surface area contributed by atoms with E-state index in [0.717, 1.165) is 11.8 Å². The van der Waals surface area contributed by atoms with Crippen LogP contribution in [0.3, 0.4) is 0 Å². The lowest BCUT2D eigenvalue weighted by atomic mass is 9.75. The standard InChI is InChI=1S/C17H26N6O/c1-17(2)8-6-12(7-9-17)20-16(18-3)19-11-14-21-15(23-22-14)13-5-4-10-24-13/h4-5,10,12H,6-9,11H2,1-3H3,(H2,18,19,20)(H,21,22,23). The molecule has 0 bridgehead atoms. The van der Waals surface area contributed by atoms with Crippen molar-refractivity contribution in [2.45, 2.75) is 52.1 Å². The first-order valence-corrected chi connectivity index (χ1v) is 8.48. The van der Waals surface area contributed by atoms with Crippen molar-refractivity contribution in [3.8, 4) is 11.6 Å². The summed E-state index contributed by atoms with van der Waals surface area (Å²) in [6.45, 7) is 5.22. The number of H-pyrrole nitrogens is 1. The van der Waals surface area contributed by atoms with E-state index >= 15 is 0 Å². The lowest BCUT2D eigenvalue weighted by Crippen LogP contribution is -2.45. The van der Waals surface area contributed by atoms with Gasteiger partial charge in [0, 0.05) is 13.1 Å². The van der Waals surface area contributed by atoms with Gasteiger partial charge in [-0.3, -0.25) is 10.1 Å². The minimum absolute atomic E-state index is 0.469. The molecule has 0 unspecified atom stereocenters. The summed E-state index contributed by atoms with van der Waals surface area (Å²) in [7, 11) is 1.79. The Kier molecular flexibility index (Phi) is 4.87. The van der Waals surface area contributed by atoms with Crippen molar-refractivity contribution in [2.75, 3.05) is 7.05 Å². The largest absolute Gasteiger partial charge is 0.461 e. The average Bonchev–Trinajstić information content (AvgIpc) is 3.24. The van der Waals surface area contributed by atoms with Crippen molar-refractivity contribution in [1.82, 2.24) is 25.8 Å². The molecule has 0 saturated heterocycles. The highest BCUT2D eigenvalue weighted by Crippen LogP contribution is 2.34. The molecule has 0 aromatic carbocycles. The second kappa shape index (κ2) is 7.07. The zero-order valence-electron chi connectivity index (χ0n) is 14.6. The zero-order chi connectivity index (χ0) is 17.0. The van der Waals surface area contributed by atoms with E-state index in [1.165, 1.54) is 25.7 Å². The van der Waals surface area contributed by atoms with Gasteiger partial charge >= 0.3 is 0 Å². The number of furan rings is 1. The molecule has 7 nitrogen and oxygen atoms in total. The molecule has 3 N–H and O–H groups in total. The summed E-state index contributed by atoms with van der Waals surface area (Å²) in [5.41, 5.74) is 0.469. The van der Waals surface area contributed by atoms with Crippen LogP contribution < -0.4 is 10.6 Å². The van der Waals surface area contributed by atoms with Crippen LogP contribution in [-0.4, -0.2) is 34.2 Å². The number of aliphatic imine (C=N–C) groups is 1. The number of aromatic nitrogens is 3. The van der Waals surface area contributed by atoms with Crippen LogP contribution >= 0.6 is 0 Å². The number of nitrogens with one attached hydrogen (secondary N) is 3. The van der Waals surface area contributed by atoms with E-state index in [-0.39, 0.29) is 0 Å². The smallest absolute Gasteiger partial charge is 0.216 e. The molecule has 1 saturated carbocycles. The number of nitrogens with zero attached hydrogens (tertiary/aromatic N) is 3. The van der Waals surface area contributed by atoms with Crippen molar-refractivity contribution < 1.29 is 4.42 Å². The first kappa shape index (κ1) is 16.5. The number of hydrogen-bond acceptors (Lipinski definition) is 4. The van der Waals surface area contributed by atoms with Gasteiger partial charge in [-0.1, -0.05) is 13.8 Å². The summed E-state index contributed by atoms with van der Waals surface area (Å²) in [5.74, 6) is 2.77. The number of guanidine groups is 1. The first-order chi connectivity index (χ1) is 11.6.